The SMILES string of the molecule is CC(NCc1ccccc1Cl)C(=O)N1CCOCC1. The number of amides is 1. The Labute approximate surface area is 118 Å². The van der Waals surface area contributed by atoms with Crippen molar-refractivity contribution >= 4 is 17.5 Å². The van der Waals surface area contributed by atoms with Crippen molar-refractivity contribution < 1.29 is 9.53 Å². The van der Waals surface area contributed by atoms with E-state index in [2.05, 4.69) is 5.32 Å². The second-order valence-corrected chi connectivity index (χ2v) is 5.04. The summed E-state index contributed by atoms with van der Waals surface area (Å²) in [7, 11) is 0. The molecule has 19 heavy (non-hydrogen) atoms. The van der Waals surface area contributed by atoms with Gasteiger partial charge in [-0.1, -0.05) is 29.8 Å². The lowest BCUT2D eigenvalue weighted by molar-refractivity contribution is -0.137. The number of nitrogens with one attached hydrogen (secondary N) is 1. The number of nitrogens with zero attached hydrogens (tertiary/aromatic N) is 1. The van der Waals surface area contributed by atoms with Gasteiger partial charge in [0.25, 0.3) is 0 Å². The Morgan fingerprint density at radius 3 is 2.79 bits per heavy atom. The quantitative estimate of drug-likeness (QED) is 0.914. The molecule has 0 spiro atoms. The Morgan fingerprint density at radius 2 is 2.11 bits per heavy atom. The maximum atomic E-state index is 12.2. The lowest BCUT2D eigenvalue weighted by atomic mass is 10.2. The van der Waals surface area contributed by atoms with Gasteiger partial charge in [0.1, 0.15) is 0 Å². The van der Waals surface area contributed by atoms with E-state index in [1.165, 1.54) is 0 Å². The van der Waals surface area contributed by atoms with Crippen LogP contribution in [0.2, 0.25) is 5.02 Å². The maximum absolute atomic E-state index is 12.2. The lowest BCUT2D eigenvalue weighted by Crippen LogP contribution is -2.49. The summed E-state index contributed by atoms with van der Waals surface area (Å²) in [5.74, 6) is 0.121. The van der Waals surface area contributed by atoms with Gasteiger partial charge in [0, 0.05) is 24.7 Å². The Balaban J connectivity index is 1.85. The fraction of sp³-hybridized carbons (Fsp3) is 0.500. The summed E-state index contributed by atoms with van der Waals surface area (Å²) in [6.07, 6.45) is 0. The van der Waals surface area contributed by atoms with Gasteiger partial charge in [-0.25, -0.2) is 0 Å². The zero-order valence-electron chi connectivity index (χ0n) is 11.1. The number of hydrogen-bond acceptors (Lipinski definition) is 3. The van der Waals surface area contributed by atoms with Gasteiger partial charge in [-0.3, -0.25) is 4.79 Å². The van der Waals surface area contributed by atoms with Gasteiger partial charge in [0.05, 0.1) is 19.3 Å². The van der Waals surface area contributed by atoms with E-state index < -0.39 is 0 Å². The molecule has 1 saturated heterocycles. The highest BCUT2D eigenvalue weighted by atomic mass is 35.5. The van der Waals surface area contributed by atoms with Gasteiger partial charge in [-0.2, -0.15) is 0 Å². The van der Waals surface area contributed by atoms with E-state index in [9.17, 15) is 4.79 Å². The monoisotopic (exact) mass is 282 g/mol. The second kappa shape index (κ2) is 6.89. The van der Waals surface area contributed by atoms with Crippen molar-refractivity contribution in [3.8, 4) is 0 Å². The van der Waals surface area contributed by atoms with Crippen molar-refractivity contribution in [3.05, 3.63) is 34.9 Å². The first-order valence-electron chi connectivity index (χ1n) is 6.52. The average molecular weight is 283 g/mol. The molecule has 2 rings (SSSR count). The molecule has 1 aromatic carbocycles. The van der Waals surface area contributed by atoms with E-state index in [0.717, 1.165) is 10.6 Å². The highest BCUT2D eigenvalue weighted by molar-refractivity contribution is 6.31. The molecule has 1 atom stereocenters. The van der Waals surface area contributed by atoms with Crippen LogP contribution in [-0.2, 0) is 16.1 Å². The normalized spacial score (nSPS) is 17.3. The molecule has 0 radical (unpaired) electrons. The van der Waals surface area contributed by atoms with Gasteiger partial charge < -0.3 is 15.0 Å². The molecule has 1 fully saturated rings. The molecule has 1 unspecified atom stereocenters. The molecule has 0 saturated carbocycles. The third kappa shape index (κ3) is 3.93. The third-order valence-corrected chi connectivity index (χ3v) is 3.62. The number of benzene rings is 1. The van der Waals surface area contributed by atoms with Crippen molar-refractivity contribution in [3.63, 3.8) is 0 Å². The lowest BCUT2D eigenvalue weighted by Gasteiger charge is -2.29. The first-order chi connectivity index (χ1) is 9.18. The summed E-state index contributed by atoms with van der Waals surface area (Å²) in [4.78, 5) is 14.0. The third-order valence-electron chi connectivity index (χ3n) is 3.25. The van der Waals surface area contributed by atoms with E-state index in [4.69, 9.17) is 16.3 Å². The highest BCUT2D eigenvalue weighted by Gasteiger charge is 2.21. The van der Waals surface area contributed by atoms with Crippen LogP contribution in [0.5, 0.6) is 0 Å². The predicted molar refractivity (Wildman–Crippen MR) is 75.2 cm³/mol. The van der Waals surface area contributed by atoms with Gasteiger partial charge in [-0.05, 0) is 18.6 Å². The molecule has 0 aliphatic carbocycles. The summed E-state index contributed by atoms with van der Waals surface area (Å²) < 4.78 is 5.24. The molecule has 1 amide bonds. The van der Waals surface area contributed by atoms with Crippen molar-refractivity contribution in [2.45, 2.75) is 19.5 Å². The van der Waals surface area contributed by atoms with E-state index in [-0.39, 0.29) is 11.9 Å². The summed E-state index contributed by atoms with van der Waals surface area (Å²) in [6.45, 7) is 5.09. The van der Waals surface area contributed by atoms with Crippen LogP contribution in [0.4, 0.5) is 0 Å². The van der Waals surface area contributed by atoms with Crippen LogP contribution in [0.1, 0.15) is 12.5 Å². The molecule has 4 nitrogen and oxygen atoms in total. The molecule has 0 aromatic heterocycles. The molecule has 1 heterocycles. The van der Waals surface area contributed by atoms with Crippen LogP contribution in [0.15, 0.2) is 24.3 Å². The maximum Gasteiger partial charge on any atom is 0.239 e. The predicted octanol–water partition coefficient (Wildman–Crippen LogP) is 1.68. The molecule has 1 N–H and O–H groups in total. The number of halogens is 1. The highest BCUT2D eigenvalue weighted by Crippen LogP contribution is 2.14. The number of hydrogen-bond donors (Lipinski definition) is 1. The van der Waals surface area contributed by atoms with Crippen LogP contribution in [-0.4, -0.2) is 43.2 Å². The second-order valence-electron chi connectivity index (χ2n) is 4.63. The minimum atomic E-state index is -0.214. The van der Waals surface area contributed by atoms with E-state index in [1.54, 1.807) is 0 Å². The molecular weight excluding hydrogens is 264 g/mol. The van der Waals surface area contributed by atoms with Gasteiger partial charge in [0.15, 0.2) is 0 Å². The first kappa shape index (κ1) is 14.3. The van der Waals surface area contributed by atoms with Crippen LogP contribution in [0, 0.1) is 0 Å². The summed E-state index contributed by atoms with van der Waals surface area (Å²) >= 11 is 6.08. The average Bonchev–Trinajstić information content (AvgIpc) is 2.46. The number of rotatable bonds is 4. The summed E-state index contributed by atoms with van der Waals surface area (Å²) in [5, 5.41) is 3.94. The minimum absolute atomic E-state index is 0.121. The van der Waals surface area contributed by atoms with Crippen molar-refractivity contribution in [1.29, 1.82) is 0 Å². The Bertz CT molecular complexity index is 433. The summed E-state index contributed by atoms with van der Waals surface area (Å²) in [5.41, 5.74) is 1.01. The standard InChI is InChI=1S/C14H19ClN2O2/c1-11(14(18)17-6-8-19-9-7-17)16-10-12-4-2-3-5-13(12)15/h2-5,11,16H,6-10H2,1H3. The van der Waals surface area contributed by atoms with Gasteiger partial charge in [0.2, 0.25) is 5.91 Å². The topological polar surface area (TPSA) is 41.6 Å². The number of carbonyl (C=O) groups excluding carboxylic acids is 1. The largest absolute Gasteiger partial charge is 0.378 e. The molecule has 1 aromatic rings. The van der Waals surface area contributed by atoms with E-state index in [1.807, 2.05) is 36.1 Å². The fourth-order valence-electron chi connectivity index (χ4n) is 2.05. The van der Waals surface area contributed by atoms with E-state index in [0.29, 0.717) is 32.8 Å². The molecule has 1 aliphatic rings. The Hall–Kier alpha value is -1.10. The number of carbonyl (C=O) groups is 1. The Kier molecular flexibility index (Phi) is 5.19. The zero-order chi connectivity index (χ0) is 13.7. The van der Waals surface area contributed by atoms with Crippen molar-refractivity contribution in [1.82, 2.24) is 10.2 Å². The smallest absolute Gasteiger partial charge is 0.239 e. The molecule has 0 bridgehead atoms. The van der Waals surface area contributed by atoms with Crippen LogP contribution < -0.4 is 5.32 Å². The summed E-state index contributed by atoms with van der Waals surface area (Å²) in [6, 6.07) is 7.44. The van der Waals surface area contributed by atoms with Gasteiger partial charge >= 0.3 is 0 Å². The molecule has 1 aliphatic heterocycles. The van der Waals surface area contributed by atoms with Crippen molar-refractivity contribution in [2.24, 2.45) is 0 Å². The molecular formula is C14H19ClN2O2. The first-order valence-corrected chi connectivity index (χ1v) is 6.89. The van der Waals surface area contributed by atoms with Crippen LogP contribution in [0.3, 0.4) is 0 Å². The minimum Gasteiger partial charge on any atom is -0.378 e. The van der Waals surface area contributed by atoms with Crippen LogP contribution in [0.25, 0.3) is 0 Å². The van der Waals surface area contributed by atoms with Crippen molar-refractivity contribution in [2.75, 3.05) is 26.3 Å². The van der Waals surface area contributed by atoms with E-state index >= 15 is 0 Å². The van der Waals surface area contributed by atoms with Gasteiger partial charge in [-0.15, -0.1) is 0 Å². The number of morpholine rings is 1. The molecule has 5 heteroatoms. The Morgan fingerprint density at radius 1 is 1.42 bits per heavy atom. The fourth-order valence-corrected chi connectivity index (χ4v) is 2.25. The molecule has 104 valence electrons. The van der Waals surface area contributed by atoms with Crippen LogP contribution >= 0.6 is 11.6 Å². The zero-order valence-corrected chi connectivity index (χ0v) is 11.8. The number of ether oxygens (including phenoxy) is 1.